The first-order valence-electron chi connectivity index (χ1n) is 13.2. The quantitative estimate of drug-likeness (QED) is 0.148. The number of ether oxygens (including phenoxy) is 2. The van der Waals surface area contributed by atoms with Crippen molar-refractivity contribution in [1.29, 1.82) is 0 Å². The van der Waals surface area contributed by atoms with Crippen LogP contribution < -0.4 is 11.0 Å². The number of carbonyl (C=O) groups excluding carboxylic acids is 1. The Kier molecular flexibility index (Phi) is 11.8. The van der Waals surface area contributed by atoms with E-state index in [0.717, 1.165) is 0 Å². The maximum atomic E-state index is 13.0. The largest absolute Gasteiger partial charge is 0.494 e. The van der Waals surface area contributed by atoms with Crippen LogP contribution >= 0.6 is 8.53 Å². The smallest absolute Gasteiger partial charge is 0.351 e. The van der Waals surface area contributed by atoms with Gasteiger partial charge in [0.2, 0.25) is 6.54 Å². The zero-order valence-corrected chi connectivity index (χ0v) is 24.5. The van der Waals surface area contributed by atoms with Gasteiger partial charge in [-0.3, -0.25) is 9.36 Å². The number of aromatic nitrogens is 2. The molecule has 3 rings (SSSR count). The molecule has 1 aliphatic rings. The van der Waals surface area contributed by atoms with Crippen molar-refractivity contribution in [3.8, 4) is 0 Å². The van der Waals surface area contributed by atoms with Crippen LogP contribution in [0.3, 0.4) is 0 Å². The molecule has 1 aliphatic heterocycles. The van der Waals surface area contributed by atoms with Crippen LogP contribution in [0.2, 0.25) is 0 Å². The molecule has 1 unspecified atom stereocenters. The highest BCUT2D eigenvalue weighted by atomic mass is 31.2. The van der Waals surface area contributed by atoms with Gasteiger partial charge in [-0.25, -0.2) is 16.0 Å². The summed E-state index contributed by atoms with van der Waals surface area (Å²) in [6.45, 7) is 21.7. The van der Waals surface area contributed by atoms with Crippen LogP contribution in [0, 0.1) is 12.5 Å². The third-order valence-corrected chi connectivity index (χ3v) is 8.41. The van der Waals surface area contributed by atoms with E-state index < -0.39 is 32.7 Å². The summed E-state index contributed by atoms with van der Waals surface area (Å²) in [6, 6.07) is 10.5. The lowest BCUT2D eigenvalue weighted by molar-refractivity contribution is -0.0542. The Labute approximate surface area is 236 Å². The Morgan fingerprint density at radius 3 is 2.55 bits per heavy atom. The summed E-state index contributed by atoms with van der Waals surface area (Å²) in [7, 11) is -1.45. The van der Waals surface area contributed by atoms with Crippen molar-refractivity contribution in [2.45, 2.75) is 65.1 Å². The van der Waals surface area contributed by atoms with Crippen LogP contribution in [0.15, 0.2) is 60.2 Å². The third-order valence-electron chi connectivity index (χ3n) is 6.34. The summed E-state index contributed by atoms with van der Waals surface area (Å²) in [4.78, 5) is 32.9. The molecule has 0 saturated carbocycles. The van der Waals surface area contributed by atoms with Crippen molar-refractivity contribution in [2.75, 3.05) is 25.1 Å². The third kappa shape index (κ3) is 7.96. The van der Waals surface area contributed by atoms with E-state index in [9.17, 15) is 9.59 Å². The molecule has 1 amide bonds. The standard InChI is InChI=1S/C28H38N5O6P/c1-8-36-25-21(6)23(18-38-40(37-17-15-29-7)33(19(2)3)20(4)5)39-27(25)32-16-14-24(31-28(32)35)30-26(34)22-12-10-9-11-13-22/h8-14,16,19-21,23,25,27H,1,15,17-18H2,2-6H3,(H,30,31,34,35)/t21-,23-,25-,27-,40?/m1/s1. The lowest BCUT2D eigenvalue weighted by atomic mass is 10.0. The van der Waals surface area contributed by atoms with Crippen LogP contribution in [0.4, 0.5) is 5.82 Å². The van der Waals surface area contributed by atoms with E-state index in [1.807, 2.05) is 13.0 Å². The fourth-order valence-corrected chi connectivity index (χ4v) is 6.08. The number of carbonyl (C=O) groups is 1. The van der Waals surface area contributed by atoms with Crippen molar-refractivity contribution < 1.29 is 23.3 Å². The van der Waals surface area contributed by atoms with E-state index in [2.05, 4.69) is 54.1 Å². The second kappa shape index (κ2) is 15.0. The monoisotopic (exact) mass is 571 g/mol. The van der Waals surface area contributed by atoms with Gasteiger partial charge in [0.1, 0.15) is 18.5 Å². The lowest BCUT2D eigenvalue weighted by Gasteiger charge is -2.35. The van der Waals surface area contributed by atoms with Gasteiger partial charge in [-0.05, 0) is 45.9 Å². The van der Waals surface area contributed by atoms with E-state index in [-0.39, 0.29) is 49.5 Å². The second-order valence-electron chi connectivity index (χ2n) is 9.83. The maximum absolute atomic E-state index is 13.0. The summed E-state index contributed by atoms with van der Waals surface area (Å²) in [5.74, 6) is -0.404. The van der Waals surface area contributed by atoms with Gasteiger partial charge in [0.05, 0.1) is 19.0 Å². The van der Waals surface area contributed by atoms with Gasteiger partial charge in [-0.1, -0.05) is 31.7 Å². The Morgan fingerprint density at radius 1 is 1.25 bits per heavy atom. The molecule has 1 N–H and O–H groups in total. The van der Waals surface area contributed by atoms with E-state index in [4.69, 9.17) is 25.1 Å². The number of nitrogens with one attached hydrogen (secondary N) is 1. The van der Waals surface area contributed by atoms with Gasteiger partial charge in [0.15, 0.2) is 6.23 Å². The van der Waals surface area contributed by atoms with Gasteiger partial charge in [-0.15, -0.1) is 0 Å². The molecule has 1 aromatic carbocycles. The lowest BCUT2D eigenvalue weighted by Crippen LogP contribution is -2.35. The molecule has 40 heavy (non-hydrogen) atoms. The van der Waals surface area contributed by atoms with Crippen molar-refractivity contribution in [1.82, 2.24) is 14.2 Å². The molecule has 5 atom stereocenters. The van der Waals surface area contributed by atoms with E-state index >= 15 is 0 Å². The molecular weight excluding hydrogens is 533 g/mol. The molecule has 216 valence electrons. The molecule has 2 heterocycles. The summed E-state index contributed by atoms with van der Waals surface area (Å²) in [5, 5.41) is 2.65. The van der Waals surface area contributed by atoms with Crippen molar-refractivity contribution in [2.24, 2.45) is 5.92 Å². The first kappa shape index (κ1) is 31.4. The fourth-order valence-electron chi connectivity index (χ4n) is 4.47. The Morgan fingerprint density at radius 2 is 1.95 bits per heavy atom. The molecule has 12 heteroatoms. The van der Waals surface area contributed by atoms with E-state index in [1.165, 1.54) is 17.0 Å². The highest BCUT2D eigenvalue weighted by Gasteiger charge is 2.45. The summed E-state index contributed by atoms with van der Waals surface area (Å²) in [5.41, 5.74) is -0.145. The first-order valence-corrected chi connectivity index (χ1v) is 14.4. The average Bonchev–Trinajstić information content (AvgIpc) is 3.22. The minimum atomic E-state index is -1.45. The number of rotatable bonds is 14. The molecule has 1 fully saturated rings. The Hall–Kier alpha value is -3.13. The summed E-state index contributed by atoms with van der Waals surface area (Å²) >= 11 is 0. The number of hydrogen-bond donors (Lipinski definition) is 1. The zero-order chi connectivity index (χ0) is 29.2. The van der Waals surface area contributed by atoms with Crippen LogP contribution in [0.1, 0.15) is 51.2 Å². The predicted molar refractivity (Wildman–Crippen MR) is 153 cm³/mol. The first-order chi connectivity index (χ1) is 19.2. The number of anilines is 1. The van der Waals surface area contributed by atoms with E-state index in [1.54, 1.807) is 30.3 Å². The fraction of sp³-hybridized carbons (Fsp3) is 0.500. The maximum Gasteiger partial charge on any atom is 0.351 e. The number of amides is 1. The van der Waals surface area contributed by atoms with Crippen molar-refractivity contribution >= 4 is 20.3 Å². The van der Waals surface area contributed by atoms with Crippen LogP contribution in [-0.2, 0) is 18.5 Å². The Bertz CT molecular complexity index is 1210. The van der Waals surface area contributed by atoms with Gasteiger partial charge in [0, 0.05) is 29.8 Å². The molecule has 1 aromatic heterocycles. The molecule has 11 nitrogen and oxygen atoms in total. The zero-order valence-electron chi connectivity index (χ0n) is 23.6. The Balaban J connectivity index is 1.75. The second-order valence-corrected chi connectivity index (χ2v) is 11.3. The predicted octanol–water partition coefficient (Wildman–Crippen LogP) is 4.86. The topological polar surface area (TPSA) is 109 Å². The summed E-state index contributed by atoms with van der Waals surface area (Å²) in [6.07, 6.45) is 1.11. The molecule has 2 aromatic rings. The van der Waals surface area contributed by atoms with E-state index in [0.29, 0.717) is 5.56 Å². The summed E-state index contributed by atoms with van der Waals surface area (Å²) < 4.78 is 27.8. The number of hydrogen-bond acceptors (Lipinski definition) is 8. The van der Waals surface area contributed by atoms with Gasteiger partial charge >= 0.3 is 5.69 Å². The number of nitrogens with zero attached hydrogens (tertiary/aromatic N) is 4. The molecular formula is C28H38N5O6P. The molecule has 0 bridgehead atoms. The van der Waals surface area contributed by atoms with Crippen LogP contribution in [-0.4, -0.2) is 64.2 Å². The van der Waals surface area contributed by atoms with Gasteiger partial charge in [-0.2, -0.15) is 4.98 Å². The minimum Gasteiger partial charge on any atom is -0.494 e. The molecule has 0 spiro atoms. The van der Waals surface area contributed by atoms with Gasteiger partial charge in [0.25, 0.3) is 14.4 Å². The molecule has 0 radical (unpaired) electrons. The van der Waals surface area contributed by atoms with Crippen molar-refractivity contribution in [3.63, 3.8) is 0 Å². The van der Waals surface area contributed by atoms with Crippen molar-refractivity contribution in [3.05, 3.63) is 82.9 Å². The highest BCUT2D eigenvalue weighted by Crippen LogP contribution is 2.47. The van der Waals surface area contributed by atoms with Crippen LogP contribution in [0.5, 0.6) is 0 Å². The minimum absolute atomic E-state index is 0.131. The molecule has 0 aliphatic carbocycles. The SMILES string of the molecule is [C-]#[N+]CCOP(OC[C@H]1O[C@@H](n2ccc(NC(=O)c3ccccc3)nc2=O)[C@H](OC=C)[C@@H]1C)N(C(C)C)C(C)C. The molecule has 1 saturated heterocycles. The highest BCUT2D eigenvalue weighted by molar-refractivity contribution is 7.44. The number of benzene rings is 1. The van der Waals surface area contributed by atoms with Gasteiger partial charge < -0.3 is 28.7 Å². The average molecular weight is 572 g/mol. The van der Waals surface area contributed by atoms with Crippen LogP contribution in [0.25, 0.3) is 4.85 Å². The normalized spacial score (nSPS) is 21.4.